The number of benzene rings is 2. The third kappa shape index (κ3) is 5.27. The highest BCUT2D eigenvalue weighted by Gasteiger charge is 2.10. The summed E-state index contributed by atoms with van der Waals surface area (Å²) < 4.78 is 10.7. The maximum absolute atomic E-state index is 11.9. The lowest BCUT2D eigenvalue weighted by molar-refractivity contribution is 0.0920. The molecule has 2 amide bonds. The minimum absolute atomic E-state index is 0.369. The zero-order valence-corrected chi connectivity index (χ0v) is 14.6. The van der Waals surface area contributed by atoms with E-state index in [1.54, 1.807) is 18.2 Å². The van der Waals surface area contributed by atoms with Crippen molar-refractivity contribution in [2.45, 2.75) is 6.42 Å². The molecule has 2 aromatic carbocycles. The van der Waals surface area contributed by atoms with E-state index >= 15 is 0 Å². The Morgan fingerprint density at radius 3 is 2.50 bits per heavy atom. The van der Waals surface area contributed by atoms with Crippen LogP contribution in [0.1, 0.15) is 15.9 Å². The molecule has 0 aliphatic heterocycles. The predicted octanol–water partition coefficient (Wildman–Crippen LogP) is 3.07. The average Bonchev–Trinajstić information content (AvgIpc) is 2.61. The summed E-state index contributed by atoms with van der Waals surface area (Å²) in [7, 11) is 1.21. The molecule has 0 fully saturated rings. The first-order valence-corrected chi connectivity index (χ1v) is 8.00. The molecule has 126 valence electrons. The lowest BCUT2D eigenvalue weighted by atomic mass is 10.2. The Balaban J connectivity index is 1.89. The third-order valence-electron chi connectivity index (χ3n) is 3.15. The fourth-order valence-electron chi connectivity index (χ4n) is 1.91. The summed E-state index contributed by atoms with van der Waals surface area (Å²) in [4.78, 5) is 22.8. The number of amides is 2. The first-order chi connectivity index (χ1) is 11.6. The molecule has 0 saturated heterocycles. The first-order valence-electron chi connectivity index (χ1n) is 7.20. The Kier molecular flexibility index (Phi) is 6.62. The second-order valence-electron chi connectivity index (χ2n) is 4.80. The van der Waals surface area contributed by atoms with E-state index in [1.165, 1.54) is 12.7 Å². The summed E-state index contributed by atoms with van der Waals surface area (Å²) >= 11 is 3.38. The van der Waals surface area contributed by atoms with E-state index in [-0.39, 0.29) is 0 Å². The van der Waals surface area contributed by atoms with Crippen LogP contribution in [0.2, 0.25) is 0 Å². The molecule has 0 radical (unpaired) electrons. The number of carbonyl (C=O) groups excluding carboxylic acids is 2. The van der Waals surface area contributed by atoms with Gasteiger partial charge in [0, 0.05) is 12.0 Å². The van der Waals surface area contributed by atoms with E-state index < -0.39 is 12.0 Å². The summed E-state index contributed by atoms with van der Waals surface area (Å²) in [6.45, 7) is 0.526. The molecule has 2 N–H and O–H groups in total. The van der Waals surface area contributed by atoms with Gasteiger partial charge >= 0.3 is 6.09 Å². The maximum Gasteiger partial charge on any atom is 0.425 e. The second kappa shape index (κ2) is 8.93. The number of halogens is 1. The van der Waals surface area contributed by atoms with Gasteiger partial charge in [-0.3, -0.25) is 10.2 Å². The molecule has 24 heavy (non-hydrogen) atoms. The van der Waals surface area contributed by atoms with Gasteiger partial charge in [-0.2, -0.15) is 0 Å². The van der Waals surface area contributed by atoms with E-state index in [9.17, 15) is 9.59 Å². The van der Waals surface area contributed by atoms with Gasteiger partial charge in [0.05, 0.1) is 18.2 Å². The van der Waals surface area contributed by atoms with Crippen molar-refractivity contribution in [2.24, 2.45) is 0 Å². The van der Waals surface area contributed by atoms with Crippen molar-refractivity contribution in [3.05, 3.63) is 64.1 Å². The van der Waals surface area contributed by atoms with Gasteiger partial charge in [0.2, 0.25) is 0 Å². The Morgan fingerprint density at radius 1 is 1.08 bits per heavy atom. The quantitative estimate of drug-likeness (QED) is 0.766. The molecule has 0 heterocycles. The number of carbonyl (C=O) groups is 2. The van der Waals surface area contributed by atoms with Crippen LogP contribution in [0.15, 0.2) is 53.0 Å². The zero-order chi connectivity index (χ0) is 17.4. The summed E-state index contributed by atoms with van der Waals surface area (Å²) in [5.74, 6) is 0.181. The molecular weight excluding hydrogens is 376 g/mol. The summed E-state index contributed by atoms with van der Waals surface area (Å²) in [6.07, 6.45) is 0.0433. The zero-order valence-electron chi connectivity index (χ0n) is 13.0. The van der Waals surface area contributed by atoms with Gasteiger partial charge in [0.1, 0.15) is 5.75 Å². The molecule has 2 rings (SSSR count). The number of hydrogen-bond donors (Lipinski definition) is 2. The number of hydrogen-bond acceptors (Lipinski definition) is 4. The van der Waals surface area contributed by atoms with Gasteiger partial charge < -0.3 is 9.47 Å². The second-order valence-corrected chi connectivity index (χ2v) is 5.65. The largest absolute Gasteiger partial charge is 0.492 e. The van der Waals surface area contributed by atoms with Gasteiger partial charge in [-0.15, -0.1) is 0 Å². The molecule has 6 nitrogen and oxygen atoms in total. The highest BCUT2D eigenvalue weighted by Crippen LogP contribution is 2.26. The number of rotatable bonds is 5. The Morgan fingerprint density at radius 2 is 1.83 bits per heavy atom. The highest BCUT2D eigenvalue weighted by molar-refractivity contribution is 9.10. The van der Waals surface area contributed by atoms with Crippen LogP contribution in [0.3, 0.4) is 0 Å². The summed E-state index contributed by atoms with van der Waals surface area (Å²) in [5, 5.41) is 0. The molecule has 0 aromatic heterocycles. The van der Waals surface area contributed by atoms with E-state index in [0.29, 0.717) is 22.4 Å². The van der Waals surface area contributed by atoms with Crippen molar-refractivity contribution in [3.63, 3.8) is 0 Å². The summed E-state index contributed by atoms with van der Waals surface area (Å²) in [5.41, 5.74) is 5.91. The lowest BCUT2D eigenvalue weighted by Crippen LogP contribution is -2.41. The van der Waals surface area contributed by atoms with E-state index in [2.05, 4.69) is 31.5 Å². The molecular formula is C17H17BrN2O4. The number of nitrogens with one attached hydrogen (secondary N) is 2. The first kappa shape index (κ1) is 17.8. The minimum atomic E-state index is -0.747. The fourth-order valence-corrected chi connectivity index (χ4v) is 2.41. The van der Waals surface area contributed by atoms with Crippen LogP contribution in [-0.2, 0) is 11.2 Å². The Labute approximate surface area is 148 Å². The fraction of sp³-hybridized carbons (Fsp3) is 0.176. The molecule has 0 spiro atoms. The van der Waals surface area contributed by atoms with Crippen LogP contribution in [0.5, 0.6) is 5.75 Å². The van der Waals surface area contributed by atoms with Crippen LogP contribution in [0.25, 0.3) is 0 Å². The smallest absolute Gasteiger partial charge is 0.425 e. The monoisotopic (exact) mass is 392 g/mol. The van der Waals surface area contributed by atoms with Crippen LogP contribution in [-0.4, -0.2) is 25.7 Å². The predicted molar refractivity (Wildman–Crippen MR) is 92.8 cm³/mol. The van der Waals surface area contributed by atoms with Crippen LogP contribution in [0, 0.1) is 0 Å². The van der Waals surface area contributed by atoms with Crippen molar-refractivity contribution in [3.8, 4) is 5.75 Å². The van der Waals surface area contributed by atoms with E-state index in [0.717, 1.165) is 6.42 Å². The molecule has 0 aliphatic rings. The SMILES string of the molecule is COC(=O)NNC(=O)c1ccc(OCCc2ccccc2)c(Br)c1. The van der Waals surface area contributed by atoms with Gasteiger partial charge in [0.15, 0.2) is 0 Å². The van der Waals surface area contributed by atoms with Gasteiger partial charge in [-0.1, -0.05) is 30.3 Å². The molecule has 0 atom stereocenters. The number of ether oxygens (including phenoxy) is 2. The van der Waals surface area contributed by atoms with Gasteiger partial charge in [0.25, 0.3) is 5.91 Å². The molecule has 0 unspecified atom stereocenters. The van der Waals surface area contributed by atoms with Crippen molar-refractivity contribution in [1.82, 2.24) is 10.9 Å². The average molecular weight is 393 g/mol. The van der Waals surface area contributed by atoms with Crippen molar-refractivity contribution in [2.75, 3.05) is 13.7 Å². The molecule has 0 saturated carbocycles. The van der Waals surface area contributed by atoms with Crippen molar-refractivity contribution >= 4 is 27.9 Å². The normalized spacial score (nSPS) is 9.92. The molecule has 2 aromatic rings. The maximum atomic E-state index is 11.9. The van der Waals surface area contributed by atoms with Gasteiger partial charge in [-0.25, -0.2) is 10.2 Å². The minimum Gasteiger partial charge on any atom is -0.492 e. The third-order valence-corrected chi connectivity index (χ3v) is 3.77. The van der Waals surface area contributed by atoms with E-state index in [4.69, 9.17) is 4.74 Å². The van der Waals surface area contributed by atoms with Crippen LogP contribution in [0.4, 0.5) is 4.79 Å². The van der Waals surface area contributed by atoms with Crippen LogP contribution < -0.4 is 15.6 Å². The number of hydrazine groups is 1. The van der Waals surface area contributed by atoms with Crippen molar-refractivity contribution in [1.29, 1.82) is 0 Å². The Bertz CT molecular complexity index is 707. The molecule has 0 bridgehead atoms. The summed E-state index contributed by atoms with van der Waals surface area (Å²) in [6, 6.07) is 15.0. The van der Waals surface area contributed by atoms with E-state index in [1.807, 2.05) is 30.3 Å². The van der Waals surface area contributed by atoms with Gasteiger partial charge in [-0.05, 0) is 39.7 Å². The number of methoxy groups -OCH3 is 1. The standard InChI is InChI=1S/C17H17BrN2O4/c1-23-17(22)20-19-16(21)13-7-8-15(14(18)11-13)24-10-9-12-5-3-2-4-6-12/h2-8,11H,9-10H2,1H3,(H,19,21)(H,20,22). The Hall–Kier alpha value is -2.54. The van der Waals surface area contributed by atoms with Crippen molar-refractivity contribution < 1.29 is 19.1 Å². The molecule has 0 aliphatic carbocycles. The topological polar surface area (TPSA) is 76.7 Å². The highest BCUT2D eigenvalue weighted by atomic mass is 79.9. The molecule has 7 heteroatoms. The lowest BCUT2D eigenvalue weighted by Gasteiger charge is -2.10. The van der Waals surface area contributed by atoms with Crippen LogP contribution >= 0.6 is 15.9 Å².